The van der Waals surface area contributed by atoms with Crippen LogP contribution in [0.15, 0.2) is 58.4 Å². The Hall–Kier alpha value is -2.72. The first-order chi connectivity index (χ1) is 15.0. The van der Waals surface area contributed by atoms with Crippen LogP contribution in [0.3, 0.4) is 0 Å². The molecular formula is C21H16ClN3O4S2. The fourth-order valence-corrected chi connectivity index (χ4v) is 4.32. The normalized spacial score (nSPS) is 15.3. The van der Waals surface area contributed by atoms with Crippen molar-refractivity contribution >= 4 is 57.5 Å². The van der Waals surface area contributed by atoms with Crippen LogP contribution in [-0.4, -0.2) is 44.8 Å². The van der Waals surface area contributed by atoms with E-state index in [4.69, 9.17) is 33.3 Å². The third-order valence-corrected chi connectivity index (χ3v) is 6.06. The molecule has 2 aromatic heterocycles. The van der Waals surface area contributed by atoms with Crippen molar-refractivity contribution in [2.24, 2.45) is 0 Å². The Morgan fingerprint density at radius 3 is 2.71 bits per heavy atom. The van der Waals surface area contributed by atoms with E-state index in [2.05, 4.69) is 4.98 Å². The molecule has 1 amide bonds. The Labute approximate surface area is 192 Å². The third kappa shape index (κ3) is 4.49. The van der Waals surface area contributed by atoms with E-state index < -0.39 is 0 Å². The van der Waals surface area contributed by atoms with Crippen LogP contribution in [0.4, 0.5) is 0 Å². The Kier molecular flexibility index (Phi) is 6.38. The smallest absolute Gasteiger partial charge is 0.269 e. The summed E-state index contributed by atoms with van der Waals surface area (Å²) in [4.78, 5) is 32.3. The van der Waals surface area contributed by atoms with Crippen LogP contribution in [0.1, 0.15) is 5.56 Å². The van der Waals surface area contributed by atoms with Crippen molar-refractivity contribution in [1.29, 1.82) is 0 Å². The Morgan fingerprint density at radius 2 is 1.97 bits per heavy atom. The molecule has 1 aliphatic rings. The zero-order valence-corrected chi connectivity index (χ0v) is 18.7. The molecule has 0 saturated carbocycles. The van der Waals surface area contributed by atoms with Crippen LogP contribution < -0.4 is 10.3 Å². The minimum atomic E-state index is -0.364. The number of ether oxygens (including phenoxy) is 2. The molecule has 0 spiro atoms. The number of rotatable bonds is 6. The Morgan fingerprint density at radius 1 is 1.19 bits per heavy atom. The summed E-state index contributed by atoms with van der Waals surface area (Å²) in [5.41, 5.74) is 0.198. The fourth-order valence-electron chi connectivity index (χ4n) is 2.90. The van der Waals surface area contributed by atoms with Gasteiger partial charge in [-0.1, -0.05) is 41.6 Å². The summed E-state index contributed by atoms with van der Waals surface area (Å²) in [6.45, 7) is 0.687. The SMILES string of the molecule is COCCN1C(=O)C(=Cc2c(Oc3ccc(Cl)cc3)nc3ccccn3c2=O)SC1=S. The van der Waals surface area contributed by atoms with Gasteiger partial charge in [0.2, 0.25) is 5.88 Å². The lowest BCUT2D eigenvalue weighted by atomic mass is 10.2. The second kappa shape index (κ2) is 9.19. The van der Waals surface area contributed by atoms with Crippen molar-refractivity contribution < 1.29 is 14.3 Å². The second-order valence-electron chi connectivity index (χ2n) is 6.45. The van der Waals surface area contributed by atoms with Crippen molar-refractivity contribution in [3.05, 3.63) is 74.5 Å². The maximum Gasteiger partial charge on any atom is 0.269 e. The van der Waals surface area contributed by atoms with Crippen LogP contribution in [0.5, 0.6) is 11.6 Å². The fraction of sp³-hybridized carbons (Fsp3) is 0.143. The van der Waals surface area contributed by atoms with E-state index >= 15 is 0 Å². The summed E-state index contributed by atoms with van der Waals surface area (Å²) in [5.74, 6) is 0.251. The van der Waals surface area contributed by atoms with Gasteiger partial charge >= 0.3 is 0 Å². The topological polar surface area (TPSA) is 73.1 Å². The zero-order valence-electron chi connectivity index (χ0n) is 16.3. The molecule has 1 fully saturated rings. The number of halogens is 1. The highest BCUT2D eigenvalue weighted by molar-refractivity contribution is 8.26. The predicted molar refractivity (Wildman–Crippen MR) is 125 cm³/mol. The average Bonchev–Trinajstić information content (AvgIpc) is 3.03. The molecule has 0 aliphatic carbocycles. The minimum absolute atomic E-state index is 0.0840. The van der Waals surface area contributed by atoms with Crippen molar-refractivity contribution in [2.45, 2.75) is 0 Å². The molecule has 4 rings (SSSR count). The van der Waals surface area contributed by atoms with Crippen molar-refractivity contribution in [3.8, 4) is 11.6 Å². The van der Waals surface area contributed by atoms with Gasteiger partial charge in [-0.05, 0) is 42.5 Å². The van der Waals surface area contributed by atoms with Crippen molar-refractivity contribution in [1.82, 2.24) is 14.3 Å². The van der Waals surface area contributed by atoms with Gasteiger partial charge < -0.3 is 9.47 Å². The molecule has 158 valence electrons. The van der Waals surface area contributed by atoms with Gasteiger partial charge in [0.05, 0.1) is 18.1 Å². The molecule has 0 radical (unpaired) electrons. The predicted octanol–water partition coefficient (Wildman–Crippen LogP) is 3.99. The number of carbonyl (C=O) groups is 1. The van der Waals surface area contributed by atoms with Crippen LogP contribution in [0.2, 0.25) is 5.02 Å². The number of benzene rings is 1. The van der Waals surface area contributed by atoms with Crippen molar-refractivity contribution in [3.63, 3.8) is 0 Å². The van der Waals surface area contributed by atoms with Crippen molar-refractivity contribution in [2.75, 3.05) is 20.3 Å². The lowest BCUT2D eigenvalue weighted by Gasteiger charge is -2.13. The number of hydrogen-bond donors (Lipinski definition) is 0. The molecule has 0 bridgehead atoms. The van der Waals surface area contributed by atoms with Gasteiger partial charge in [-0.3, -0.25) is 18.9 Å². The number of thiocarbonyl (C=S) groups is 1. The lowest BCUT2D eigenvalue weighted by Crippen LogP contribution is -2.31. The molecule has 31 heavy (non-hydrogen) atoms. The molecule has 0 atom stereocenters. The van der Waals surface area contributed by atoms with E-state index in [0.29, 0.717) is 38.8 Å². The molecule has 3 aromatic rings. The van der Waals surface area contributed by atoms with Gasteiger partial charge in [-0.2, -0.15) is 4.98 Å². The van der Waals surface area contributed by atoms with Crippen LogP contribution in [-0.2, 0) is 9.53 Å². The molecule has 1 aliphatic heterocycles. The summed E-state index contributed by atoms with van der Waals surface area (Å²) in [6.07, 6.45) is 3.09. The highest BCUT2D eigenvalue weighted by Gasteiger charge is 2.32. The monoisotopic (exact) mass is 473 g/mol. The number of pyridine rings is 1. The summed E-state index contributed by atoms with van der Waals surface area (Å²) in [6, 6.07) is 11.9. The van der Waals surface area contributed by atoms with Crippen LogP contribution in [0.25, 0.3) is 11.7 Å². The second-order valence-corrected chi connectivity index (χ2v) is 8.56. The molecule has 10 heteroatoms. The largest absolute Gasteiger partial charge is 0.438 e. The molecule has 3 heterocycles. The summed E-state index contributed by atoms with van der Waals surface area (Å²) in [5, 5.41) is 0.554. The molecule has 7 nitrogen and oxygen atoms in total. The number of amides is 1. The number of methoxy groups -OCH3 is 1. The Balaban J connectivity index is 1.80. The summed E-state index contributed by atoms with van der Waals surface area (Å²) in [7, 11) is 1.55. The van der Waals surface area contributed by atoms with Gasteiger partial charge in [0.25, 0.3) is 11.5 Å². The number of aromatic nitrogens is 2. The number of thioether (sulfide) groups is 1. The molecule has 0 N–H and O–H groups in total. The standard InChI is InChI=1S/C21H16ClN3O4S2/c1-28-11-10-25-20(27)16(31-21(25)30)12-15-18(29-14-7-5-13(22)6-8-14)23-17-4-2-3-9-24(17)19(15)26/h2-9,12H,10-11H2,1H3. The maximum atomic E-state index is 13.2. The summed E-state index contributed by atoms with van der Waals surface area (Å²) < 4.78 is 12.7. The zero-order chi connectivity index (χ0) is 22.0. The van der Waals surface area contributed by atoms with E-state index in [1.165, 1.54) is 15.4 Å². The lowest BCUT2D eigenvalue weighted by molar-refractivity contribution is -0.122. The van der Waals surface area contributed by atoms with Gasteiger partial charge in [0.1, 0.15) is 21.3 Å². The molecule has 0 unspecified atom stereocenters. The Bertz CT molecular complexity index is 1260. The molecular weight excluding hydrogens is 458 g/mol. The molecule has 1 aromatic carbocycles. The average molecular weight is 474 g/mol. The van der Waals surface area contributed by atoms with Gasteiger partial charge in [-0.15, -0.1) is 0 Å². The first-order valence-corrected chi connectivity index (χ1v) is 10.8. The highest BCUT2D eigenvalue weighted by atomic mass is 35.5. The van der Waals surface area contributed by atoms with E-state index in [9.17, 15) is 9.59 Å². The van der Waals surface area contributed by atoms with E-state index in [1.807, 2.05) is 0 Å². The van der Waals surface area contributed by atoms with E-state index in [0.717, 1.165) is 11.8 Å². The third-order valence-electron chi connectivity index (χ3n) is 4.43. The number of hydrogen-bond acceptors (Lipinski definition) is 7. The van der Waals surface area contributed by atoms with Gasteiger partial charge in [0, 0.05) is 18.3 Å². The summed E-state index contributed by atoms with van der Waals surface area (Å²) >= 11 is 12.4. The number of nitrogens with zero attached hydrogens (tertiary/aromatic N) is 3. The quantitative estimate of drug-likeness (QED) is 0.396. The van der Waals surface area contributed by atoms with Gasteiger partial charge in [-0.25, -0.2) is 0 Å². The van der Waals surface area contributed by atoms with E-state index in [-0.39, 0.29) is 22.9 Å². The van der Waals surface area contributed by atoms with Crippen LogP contribution >= 0.6 is 35.6 Å². The van der Waals surface area contributed by atoms with Crippen LogP contribution in [0, 0.1) is 0 Å². The first-order valence-electron chi connectivity index (χ1n) is 9.17. The number of fused-ring (bicyclic) bond motifs is 1. The molecule has 1 saturated heterocycles. The minimum Gasteiger partial charge on any atom is -0.438 e. The first kappa shape index (κ1) is 21.5. The highest BCUT2D eigenvalue weighted by Crippen LogP contribution is 2.34. The maximum absolute atomic E-state index is 13.2. The van der Waals surface area contributed by atoms with E-state index in [1.54, 1.807) is 55.8 Å². The van der Waals surface area contributed by atoms with Gasteiger partial charge in [0.15, 0.2) is 0 Å². The number of carbonyl (C=O) groups excluding carboxylic acids is 1.